The van der Waals surface area contributed by atoms with Crippen molar-refractivity contribution < 1.29 is 9.90 Å². The van der Waals surface area contributed by atoms with E-state index >= 15 is 0 Å². The number of carboxylic acid groups (broad SMARTS) is 1. The molecule has 1 aliphatic rings. The number of carbonyl (C=O) groups is 1. The first-order valence-corrected chi connectivity index (χ1v) is 4.84. The Morgan fingerprint density at radius 3 is 2.54 bits per heavy atom. The molecule has 2 N–H and O–H groups in total. The van der Waals surface area contributed by atoms with Gasteiger partial charge in [0.1, 0.15) is 0 Å². The van der Waals surface area contributed by atoms with Gasteiger partial charge in [-0.2, -0.15) is 0 Å². The first-order valence-electron chi connectivity index (χ1n) is 4.84. The Morgan fingerprint density at radius 2 is 2.08 bits per heavy atom. The summed E-state index contributed by atoms with van der Waals surface area (Å²) in [6.07, 6.45) is 0.983. The molecule has 0 saturated carbocycles. The smallest absolute Gasteiger partial charge is 0.308 e. The normalized spacial score (nSPS) is 29.2. The number of nitrogens with one attached hydrogen (secondary N) is 1. The molecule has 0 bridgehead atoms. The van der Waals surface area contributed by atoms with E-state index in [1.54, 1.807) is 0 Å². The first-order chi connectivity index (χ1) is 5.90. The minimum absolute atomic E-state index is 0.181. The molecule has 0 aliphatic carbocycles. The lowest BCUT2D eigenvalue weighted by atomic mass is 9.80. The fourth-order valence-corrected chi connectivity index (χ4v) is 2.02. The summed E-state index contributed by atoms with van der Waals surface area (Å²) >= 11 is 0. The van der Waals surface area contributed by atoms with Crippen molar-refractivity contribution in [1.82, 2.24) is 5.32 Å². The Labute approximate surface area is 79.5 Å². The highest BCUT2D eigenvalue weighted by molar-refractivity contribution is 5.71. The highest BCUT2D eigenvalue weighted by Gasteiger charge is 2.34. The van der Waals surface area contributed by atoms with E-state index < -0.39 is 5.97 Å². The summed E-state index contributed by atoms with van der Waals surface area (Å²) in [5, 5.41) is 12.1. The lowest BCUT2D eigenvalue weighted by Crippen LogP contribution is -2.25. The molecule has 3 nitrogen and oxygen atoms in total. The summed E-state index contributed by atoms with van der Waals surface area (Å²) in [5.74, 6) is -0.532. The van der Waals surface area contributed by atoms with Crippen molar-refractivity contribution in [2.75, 3.05) is 13.1 Å². The Bertz CT molecular complexity index is 196. The van der Waals surface area contributed by atoms with Crippen molar-refractivity contribution in [3.8, 4) is 0 Å². The Morgan fingerprint density at radius 1 is 1.46 bits per heavy atom. The third-order valence-electron chi connectivity index (χ3n) is 2.53. The topological polar surface area (TPSA) is 49.3 Å². The molecule has 1 heterocycles. The van der Waals surface area contributed by atoms with Crippen LogP contribution in [0.15, 0.2) is 0 Å². The van der Waals surface area contributed by atoms with Crippen molar-refractivity contribution in [3.63, 3.8) is 0 Å². The molecule has 76 valence electrons. The van der Waals surface area contributed by atoms with E-state index in [0.717, 1.165) is 13.0 Å². The van der Waals surface area contributed by atoms with Crippen LogP contribution in [0.2, 0.25) is 0 Å². The summed E-state index contributed by atoms with van der Waals surface area (Å²) in [6.45, 7) is 7.96. The van der Waals surface area contributed by atoms with E-state index in [1.165, 1.54) is 0 Å². The van der Waals surface area contributed by atoms with E-state index in [-0.39, 0.29) is 11.3 Å². The highest BCUT2D eigenvalue weighted by Crippen LogP contribution is 2.30. The number of rotatable bonds is 2. The zero-order chi connectivity index (χ0) is 10.1. The van der Waals surface area contributed by atoms with Crippen LogP contribution in [0, 0.1) is 17.3 Å². The average Bonchev–Trinajstić information content (AvgIpc) is 2.31. The predicted molar refractivity (Wildman–Crippen MR) is 51.6 cm³/mol. The molecule has 1 saturated heterocycles. The molecule has 0 spiro atoms. The molecular weight excluding hydrogens is 166 g/mol. The predicted octanol–water partition coefficient (Wildman–Crippen LogP) is 1.34. The third kappa shape index (κ3) is 2.99. The van der Waals surface area contributed by atoms with Gasteiger partial charge in [0.25, 0.3) is 0 Å². The molecule has 0 amide bonds. The SMILES string of the molecule is CC(C)(C)C[C@@H]1CNC[C@H]1C(=O)O. The molecule has 0 radical (unpaired) electrons. The maximum Gasteiger partial charge on any atom is 0.308 e. The number of carboxylic acids is 1. The van der Waals surface area contributed by atoms with Gasteiger partial charge in [0, 0.05) is 6.54 Å². The average molecular weight is 185 g/mol. The number of aliphatic carboxylic acids is 1. The van der Waals surface area contributed by atoms with Crippen LogP contribution in [0.1, 0.15) is 27.2 Å². The molecule has 0 unspecified atom stereocenters. The summed E-state index contributed by atoms with van der Waals surface area (Å²) < 4.78 is 0. The number of hydrogen-bond acceptors (Lipinski definition) is 2. The summed E-state index contributed by atoms with van der Waals surface area (Å²) in [7, 11) is 0. The molecule has 1 fully saturated rings. The zero-order valence-corrected chi connectivity index (χ0v) is 8.63. The lowest BCUT2D eigenvalue weighted by Gasteiger charge is -2.24. The Hall–Kier alpha value is -0.570. The van der Waals surface area contributed by atoms with E-state index in [9.17, 15) is 4.79 Å². The van der Waals surface area contributed by atoms with E-state index in [1.807, 2.05) is 0 Å². The van der Waals surface area contributed by atoms with Crippen molar-refractivity contribution in [3.05, 3.63) is 0 Å². The van der Waals surface area contributed by atoms with Crippen LogP contribution in [0.25, 0.3) is 0 Å². The van der Waals surface area contributed by atoms with E-state index in [0.29, 0.717) is 12.5 Å². The molecule has 0 aromatic carbocycles. The molecule has 1 aliphatic heterocycles. The van der Waals surface area contributed by atoms with Gasteiger partial charge >= 0.3 is 5.97 Å². The standard InChI is InChI=1S/C10H19NO2/c1-10(2,3)4-7-5-11-6-8(7)9(12)13/h7-8,11H,4-6H2,1-3H3,(H,12,13)/t7-,8-/m1/s1. The van der Waals surface area contributed by atoms with Crippen LogP contribution in [0.3, 0.4) is 0 Å². The van der Waals surface area contributed by atoms with Crippen LogP contribution in [0.4, 0.5) is 0 Å². The molecule has 0 aromatic rings. The van der Waals surface area contributed by atoms with Crippen molar-refractivity contribution in [2.45, 2.75) is 27.2 Å². The van der Waals surface area contributed by atoms with Gasteiger partial charge in [0.2, 0.25) is 0 Å². The highest BCUT2D eigenvalue weighted by atomic mass is 16.4. The Kier molecular flexibility index (Phi) is 2.96. The zero-order valence-electron chi connectivity index (χ0n) is 8.63. The molecule has 1 rings (SSSR count). The van der Waals surface area contributed by atoms with Crippen LogP contribution < -0.4 is 5.32 Å². The van der Waals surface area contributed by atoms with Crippen molar-refractivity contribution in [1.29, 1.82) is 0 Å². The van der Waals surface area contributed by atoms with Gasteiger partial charge in [0.05, 0.1) is 5.92 Å². The third-order valence-corrected chi connectivity index (χ3v) is 2.53. The molecule has 2 atom stereocenters. The molecule has 13 heavy (non-hydrogen) atoms. The van der Waals surface area contributed by atoms with Gasteiger partial charge in [-0.05, 0) is 24.3 Å². The minimum atomic E-state index is -0.653. The van der Waals surface area contributed by atoms with Gasteiger partial charge in [-0.3, -0.25) is 4.79 Å². The quantitative estimate of drug-likeness (QED) is 0.682. The van der Waals surface area contributed by atoms with E-state index in [4.69, 9.17) is 5.11 Å². The lowest BCUT2D eigenvalue weighted by molar-refractivity contribution is -0.142. The first kappa shape index (κ1) is 10.5. The second-order valence-electron chi connectivity index (χ2n) is 5.13. The van der Waals surface area contributed by atoms with Gasteiger partial charge in [-0.1, -0.05) is 20.8 Å². The van der Waals surface area contributed by atoms with Gasteiger partial charge in [-0.25, -0.2) is 0 Å². The van der Waals surface area contributed by atoms with Gasteiger partial charge in [0.15, 0.2) is 0 Å². The fraction of sp³-hybridized carbons (Fsp3) is 0.900. The van der Waals surface area contributed by atoms with Gasteiger partial charge in [-0.15, -0.1) is 0 Å². The molecular formula is C10H19NO2. The monoisotopic (exact) mass is 185 g/mol. The van der Waals surface area contributed by atoms with Gasteiger partial charge < -0.3 is 10.4 Å². The van der Waals surface area contributed by atoms with Crippen LogP contribution in [0.5, 0.6) is 0 Å². The summed E-state index contributed by atoms with van der Waals surface area (Å²) in [4.78, 5) is 10.9. The van der Waals surface area contributed by atoms with Crippen molar-refractivity contribution >= 4 is 5.97 Å². The second kappa shape index (κ2) is 3.66. The van der Waals surface area contributed by atoms with E-state index in [2.05, 4.69) is 26.1 Å². The fourth-order valence-electron chi connectivity index (χ4n) is 2.02. The van der Waals surface area contributed by atoms with Crippen LogP contribution in [-0.4, -0.2) is 24.2 Å². The summed E-state index contributed by atoms with van der Waals surface area (Å²) in [5.41, 5.74) is 0.227. The van der Waals surface area contributed by atoms with Crippen molar-refractivity contribution in [2.24, 2.45) is 17.3 Å². The second-order valence-corrected chi connectivity index (χ2v) is 5.13. The summed E-state index contributed by atoms with van der Waals surface area (Å²) in [6, 6.07) is 0. The maximum atomic E-state index is 10.9. The molecule has 3 heteroatoms. The molecule has 0 aromatic heterocycles. The maximum absolute atomic E-state index is 10.9. The number of hydrogen-bond donors (Lipinski definition) is 2. The minimum Gasteiger partial charge on any atom is -0.481 e. The van der Waals surface area contributed by atoms with Crippen LogP contribution >= 0.6 is 0 Å². The van der Waals surface area contributed by atoms with Crippen LogP contribution in [-0.2, 0) is 4.79 Å². The Balaban J connectivity index is 2.54. The largest absolute Gasteiger partial charge is 0.481 e.